The quantitative estimate of drug-likeness (QED) is 0.261. The maximum Gasteiger partial charge on any atom is 0.437 e. The Morgan fingerprint density at radius 3 is 2.58 bits per heavy atom. The lowest BCUT2D eigenvalue weighted by atomic mass is 10.1. The Balaban J connectivity index is 1.61. The van der Waals surface area contributed by atoms with Crippen LogP contribution in [0.1, 0.15) is 18.4 Å². The second-order valence-corrected chi connectivity index (χ2v) is 7.11. The first kappa shape index (κ1) is 23.9. The molecule has 12 heteroatoms. The SMILES string of the molecule is COCCON=C1CCN(c2ncc(-c3cccc(COC(=O)N=C(N)N)c3F)cn2)CC1. The largest absolute Gasteiger partial charge is 0.443 e. The minimum Gasteiger partial charge on any atom is -0.443 e. The molecule has 176 valence electrons. The van der Waals surface area contributed by atoms with E-state index in [0.29, 0.717) is 43.4 Å². The molecule has 4 N–H and O–H groups in total. The molecule has 1 fully saturated rings. The van der Waals surface area contributed by atoms with E-state index >= 15 is 0 Å². The van der Waals surface area contributed by atoms with Gasteiger partial charge >= 0.3 is 6.09 Å². The van der Waals surface area contributed by atoms with E-state index in [1.54, 1.807) is 31.6 Å². The van der Waals surface area contributed by atoms with E-state index in [-0.39, 0.29) is 12.2 Å². The molecule has 3 rings (SSSR count). The van der Waals surface area contributed by atoms with Crippen LogP contribution in [0, 0.1) is 5.82 Å². The van der Waals surface area contributed by atoms with Crippen molar-refractivity contribution in [2.45, 2.75) is 19.4 Å². The van der Waals surface area contributed by atoms with E-state index in [2.05, 4.69) is 20.1 Å². The molecule has 1 aromatic carbocycles. The molecule has 0 unspecified atom stereocenters. The molecular weight excluding hydrogens is 433 g/mol. The van der Waals surface area contributed by atoms with E-state index < -0.39 is 17.9 Å². The molecule has 1 aromatic heterocycles. The molecule has 0 bridgehead atoms. The van der Waals surface area contributed by atoms with Crippen LogP contribution in [-0.2, 0) is 20.9 Å². The lowest BCUT2D eigenvalue weighted by Crippen LogP contribution is -2.35. The molecule has 1 saturated heterocycles. The zero-order valence-electron chi connectivity index (χ0n) is 18.2. The van der Waals surface area contributed by atoms with Gasteiger partial charge in [0.05, 0.1) is 12.3 Å². The third-order valence-corrected chi connectivity index (χ3v) is 4.80. The number of hydrogen-bond donors (Lipinski definition) is 2. The van der Waals surface area contributed by atoms with Crippen LogP contribution in [0.5, 0.6) is 0 Å². The van der Waals surface area contributed by atoms with Crippen LogP contribution in [0.15, 0.2) is 40.7 Å². The van der Waals surface area contributed by atoms with Gasteiger partial charge in [-0.05, 0) is 0 Å². The summed E-state index contributed by atoms with van der Waals surface area (Å²) in [5.74, 6) is -0.418. The highest BCUT2D eigenvalue weighted by Gasteiger charge is 2.19. The fourth-order valence-corrected chi connectivity index (χ4v) is 3.13. The summed E-state index contributed by atoms with van der Waals surface area (Å²) >= 11 is 0. The number of aromatic nitrogens is 2. The normalized spacial score (nSPS) is 13.4. The minimum absolute atomic E-state index is 0.172. The molecule has 2 aromatic rings. The second-order valence-electron chi connectivity index (χ2n) is 7.11. The lowest BCUT2D eigenvalue weighted by molar-refractivity contribution is 0.0743. The Labute approximate surface area is 190 Å². The van der Waals surface area contributed by atoms with Gasteiger partial charge in [-0.1, -0.05) is 23.4 Å². The molecule has 1 amide bonds. The lowest BCUT2D eigenvalue weighted by Gasteiger charge is -2.27. The molecule has 2 heterocycles. The van der Waals surface area contributed by atoms with Gasteiger partial charge in [-0.25, -0.2) is 19.2 Å². The molecule has 1 aliphatic rings. The molecule has 33 heavy (non-hydrogen) atoms. The summed E-state index contributed by atoms with van der Waals surface area (Å²) in [6.45, 7) is 2.01. The van der Waals surface area contributed by atoms with Crippen LogP contribution in [0.25, 0.3) is 11.1 Å². The number of hydrogen-bond acceptors (Lipinski definition) is 8. The maximum absolute atomic E-state index is 14.9. The highest BCUT2D eigenvalue weighted by molar-refractivity contribution is 5.88. The third-order valence-electron chi connectivity index (χ3n) is 4.80. The number of nitrogens with two attached hydrogens (primary N) is 2. The van der Waals surface area contributed by atoms with Crippen molar-refractivity contribution >= 4 is 23.7 Å². The second kappa shape index (κ2) is 11.7. The Morgan fingerprint density at radius 1 is 1.18 bits per heavy atom. The van der Waals surface area contributed by atoms with E-state index in [1.165, 1.54) is 6.07 Å². The molecule has 0 saturated carbocycles. The van der Waals surface area contributed by atoms with Crippen molar-refractivity contribution in [3.8, 4) is 11.1 Å². The monoisotopic (exact) mass is 459 g/mol. The molecule has 0 spiro atoms. The van der Waals surface area contributed by atoms with Crippen molar-refractivity contribution in [2.75, 3.05) is 38.3 Å². The molecule has 1 aliphatic heterocycles. The highest BCUT2D eigenvalue weighted by Crippen LogP contribution is 2.26. The Morgan fingerprint density at radius 2 is 1.91 bits per heavy atom. The van der Waals surface area contributed by atoms with Gasteiger partial charge in [0, 0.05) is 62.1 Å². The fraction of sp³-hybridized carbons (Fsp3) is 0.381. The standard InChI is InChI=1S/C21H26FN7O4/c1-31-9-10-33-28-16-5-7-29(8-6-16)20-25-11-15(12-26-20)17-4-2-3-14(18(17)22)13-32-21(30)27-19(23)24/h2-4,11-12H,5-10,13H2,1H3,(H4,23,24,27,30). The van der Waals surface area contributed by atoms with Gasteiger partial charge in [0.15, 0.2) is 5.96 Å². The number of carbonyl (C=O) groups is 1. The summed E-state index contributed by atoms with van der Waals surface area (Å²) in [6, 6.07) is 4.75. The summed E-state index contributed by atoms with van der Waals surface area (Å²) in [6.07, 6.45) is 3.62. The highest BCUT2D eigenvalue weighted by atomic mass is 19.1. The van der Waals surface area contributed by atoms with Crippen molar-refractivity contribution in [3.05, 3.63) is 42.0 Å². The number of methoxy groups -OCH3 is 1. The zero-order valence-corrected chi connectivity index (χ0v) is 18.2. The third kappa shape index (κ3) is 6.84. The van der Waals surface area contributed by atoms with Crippen LogP contribution < -0.4 is 16.4 Å². The van der Waals surface area contributed by atoms with Crippen molar-refractivity contribution < 1.29 is 23.5 Å². The van der Waals surface area contributed by atoms with E-state index in [9.17, 15) is 9.18 Å². The fourth-order valence-electron chi connectivity index (χ4n) is 3.13. The number of ether oxygens (including phenoxy) is 2. The summed E-state index contributed by atoms with van der Waals surface area (Å²) < 4.78 is 24.7. The number of benzene rings is 1. The summed E-state index contributed by atoms with van der Waals surface area (Å²) in [5, 5.41) is 4.14. The van der Waals surface area contributed by atoms with Crippen molar-refractivity contribution in [2.24, 2.45) is 21.6 Å². The van der Waals surface area contributed by atoms with Crippen molar-refractivity contribution in [3.63, 3.8) is 0 Å². The van der Waals surface area contributed by atoms with Crippen LogP contribution >= 0.6 is 0 Å². The number of piperidine rings is 1. The predicted octanol–water partition coefficient (Wildman–Crippen LogP) is 1.81. The van der Waals surface area contributed by atoms with Crippen molar-refractivity contribution in [1.29, 1.82) is 0 Å². The number of oxime groups is 1. The first-order valence-corrected chi connectivity index (χ1v) is 10.3. The predicted molar refractivity (Wildman–Crippen MR) is 120 cm³/mol. The average molecular weight is 459 g/mol. The van der Waals surface area contributed by atoms with Crippen LogP contribution in [0.2, 0.25) is 0 Å². The van der Waals surface area contributed by atoms with Gasteiger partial charge in [0.1, 0.15) is 19.0 Å². The smallest absolute Gasteiger partial charge is 0.437 e. The van der Waals surface area contributed by atoms with Gasteiger partial charge in [-0.3, -0.25) is 0 Å². The van der Waals surface area contributed by atoms with E-state index in [0.717, 1.165) is 18.6 Å². The van der Waals surface area contributed by atoms with Gasteiger partial charge in [0.25, 0.3) is 0 Å². The van der Waals surface area contributed by atoms with Crippen LogP contribution in [-0.4, -0.2) is 61.1 Å². The summed E-state index contributed by atoms with van der Waals surface area (Å²) in [4.78, 5) is 30.7. The molecule has 0 radical (unpaired) electrons. The molecule has 11 nitrogen and oxygen atoms in total. The van der Waals surface area contributed by atoms with Crippen LogP contribution in [0.4, 0.5) is 15.1 Å². The zero-order chi connectivity index (χ0) is 23.6. The Kier molecular flexibility index (Phi) is 8.47. The Bertz CT molecular complexity index is 1000. The number of amides is 1. The molecule has 0 aliphatic carbocycles. The number of halogens is 1. The van der Waals surface area contributed by atoms with Gasteiger partial charge < -0.3 is 30.7 Å². The first-order valence-electron chi connectivity index (χ1n) is 10.3. The topological polar surface area (TPSA) is 151 Å². The number of anilines is 1. The number of carbonyl (C=O) groups excluding carboxylic acids is 1. The van der Waals surface area contributed by atoms with Crippen LogP contribution in [0.3, 0.4) is 0 Å². The van der Waals surface area contributed by atoms with Gasteiger partial charge in [-0.2, -0.15) is 0 Å². The number of guanidine groups is 1. The van der Waals surface area contributed by atoms with E-state index in [4.69, 9.17) is 25.8 Å². The number of nitrogens with zero attached hydrogens (tertiary/aromatic N) is 5. The summed E-state index contributed by atoms with van der Waals surface area (Å²) in [7, 11) is 1.61. The van der Waals surface area contributed by atoms with E-state index in [1.807, 2.05) is 4.90 Å². The van der Waals surface area contributed by atoms with Crippen molar-refractivity contribution in [1.82, 2.24) is 9.97 Å². The van der Waals surface area contributed by atoms with Gasteiger partial charge in [-0.15, -0.1) is 4.99 Å². The number of rotatable bonds is 8. The number of aliphatic imine (C=N–C) groups is 1. The first-order chi connectivity index (χ1) is 16.0. The Hall–Kier alpha value is -3.80. The molecule has 0 atom stereocenters. The minimum atomic E-state index is -0.997. The maximum atomic E-state index is 14.9. The summed E-state index contributed by atoms with van der Waals surface area (Å²) in [5.41, 5.74) is 12.2. The molecular formula is C21H26FN7O4. The average Bonchev–Trinajstić information content (AvgIpc) is 2.81. The van der Waals surface area contributed by atoms with Gasteiger partial charge in [0.2, 0.25) is 5.95 Å².